The molecular weight excluding hydrogens is 719 g/mol. The second-order valence-corrected chi connectivity index (χ2v) is 15.2. The Morgan fingerprint density at radius 2 is 1.45 bits per heavy atom. The summed E-state index contributed by atoms with van der Waals surface area (Å²) in [7, 11) is 0. The number of pyridine rings is 1. The zero-order valence-electron chi connectivity index (χ0n) is 31.3. The molecular formula is C45H46N4OPd. The van der Waals surface area contributed by atoms with Crippen LogP contribution >= 0.6 is 0 Å². The van der Waals surface area contributed by atoms with E-state index in [9.17, 15) is 0 Å². The van der Waals surface area contributed by atoms with E-state index in [1.165, 1.54) is 33.5 Å². The first kappa shape index (κ1) is 36.3. The van der Waals surface area contributed by atoms with E-state index in [1.807, 2.05) is 12.3 Å². The van der Waals surface area contributed by atoms with Gasteiger partial charge in [-0.05, 0) is 89.5 Å². The van der Waals surface area contributed by atoms with Gasteiger partial charge in [-0.3, -0.25) is 4.68 Å². The van der Waals surface area contributed by atoms with E-state index in [0.717, 1.165) is 44.6 Å². The molecule has 0 radical (unpaired) electrons. The maximum Gasteiger partial charge on any atom is 2.00 e. The van der Waals surface area contributed by atoms with E-state index in [0.29, 0.717) is 11.5 Å². The molecule has 0 saturated heterocycles. The number of rotatable bonds is 7. The number of fused-ring (bicyclic) bond motifs is 3. The van der Waals surface area contributed by atoms with Crippen molar-refractivity contribution in [1.82, 2.24) is 19.3 Å². The second kappa shape index (κ2) is 13.9. The van der Waals surface area contributed by atoms with Gasteiger partial charge in [0.25, 0.3) is 0 Å². The van der Waals surface area contributed by atoms with Gasteiger partial charge in [-0.1, -0.05) is 90.4 Å². The molecule has 3 heterocycles. The van der Waals surface area contributed by atoms with E-state index in [1.54, 1.807) is 0 Å². The number of benzene rings is 4. The molecule has 0 aliphatic rings. The summed E-state index contributed by atoms with van der Waals surface area (Å²) in [6, 6.07) is 34.9. The van der Waals surface area contributed by atoms with E-state index in [-0.39, 0.29) is 37.7 Å². The van der Waals surface area contributed by atoms with Crippen LogP contribution in [0.3, 0.4) is 0 Å². The monoisotopic (exact) mass is 764 g/mol. The average Bonchev–Trinajstić information content (AvgIpc) is 3.59. The van der Waals surface area contributed by atoms with Crippen molar-refractivity contribution in [2.75, 3.05) is 0 Å². The molecule has 7 aromatic rings. The van der Waals surface area contributed by atoms with Gasteiger partial charge in [-0.15, -0.1) is 41.3 Å². The van der Waals surface area contributed by atoms with E-state index >= 15 is 0 Å². The Labute approximate surface area is 316 Å². The summed E-state index contributed by atoms with van der Waals surface area (Å²) in [6.07, 6.45) is 1.90. The third kappa shape index (κ3) is 6.68. The first-order valence-electron chi connectivity index (χ1n) is 17.7. The largest absolute Gasteiger partial charge is 2.00 e. The van der Waals surface area contributed by atoms with Crippen LogP contribution in [0.1, 0.15) is 93.9 Å². The second-order valence-electron chi connectivity index (χ2n) is 15.2. The minimum absolute atomic E-state index is 0. The third-order valence-corrected chi connectivity index (χ3v) is 9.74. The fourth-order valence-corrected chi connectivity index (χ4v) is 7.13. The SMILES string of the molecule is Cc1cccc(C)c1-c1c(C)nn(-c2[c-]c(Oc3[c-]c4c(cc3)c3ccccc3n4-c3cc(C(C)(C)C)ccn3)cc(C(C)C)c2)c1C(C)C.[Pd+2]. The molecule has 0 fully saturated rings. The molecule has 262 valence electrons. The van der Waals surface area contributed by atoms with Crippen LogP contribution in [0.4, 0.5) is 0 Å². The summed E-state index contributed by atoms with van der Waals surface area (Å²) in [5, 5.41) is 7.41. The van der Waals surface area contributed by atoms with Gasteiger partial charge >= 0.3 is 20.4 Å². The van der Waals surface area contributed by atoms with Gasteiger partial charge < -0.3 is 9.30 Å². The Morgan fingerprint density at radius 1 is 0.725 bits per heavy atom. The number of aromatic nitrogens is 4. The summed E-state index contributed by atoms with van der Waals surface area (Å²) >= 11 is 0. The van der Waals surface area contributed by atoms with Crippen molar-refractivity contribution >= 4 is 21.8 Å². The maximum absolute atomic E-state index is 6.68. The number of para-hydroxylation sites is 1. The Hall–Kier alpha value is -4.50. The Bertz CT molecular complexity index is 2370. The summed E-state index contributed by atoms with van der Waals surface area (Å²) < 4.78 is 11.0. The molecule has 4 aromatic carbocycles. The molecule has 3 aromatic heterocycles. The van der Waals surface area contributed by atoms with Crippen molar-refractivity contribution in [1.29, 1.82) is 0 Å². The molecule has 51 heavy (non-hydrogen) atoms. The fraction of sp³-hybridized carbons (Fsp3) is 0.289. The third-order valence-electron chi connectivity index (χ3n) is 9.74. The molecule has 0 aliphatic carbocycles. The van der Waals surface area contributed by atoms with Crippen molar-refractivity contribution in [2.45, 2.75) is 86.5 Å². The normalized spacial score (nSPS) is 11.9. The molecule has 0 unspecified atom stereocenters. The van der Waals surface area contributed by atoms with Gasteiger partial charge in [-0.25, -0.2) is 4.98 Å². The van der Waals surface area contributed by atoms with E-state index in [2.05, 4.69) is 163 Å². The van der Waals surface area contributed by atoms with E-state index in [4.69, 9.17) is 14.8 Å². The summed E-state index contributed by atoms with van der Waals surface area (Å²) in [6.45, 7) is 22.1. The smallest absolute Gasteiger partial charge is 0.509 e. The molecule has 0 spiro atoms. The van der Waals surface area contributed by atoms with E-state index < -0.39 is 0 Å². The van der Waals surface area contributed by atoms with Crippen LogP contribution in [-0.4, -0.2) is 19.3 Å². The van der Waals surface area contributed by atoms with Gasteiger partial charge in [0.05, 0.1) is 11.4 Å². The summed E-state index contributed by atoms with van der Waals surface area (Å²) in [4.78, 5) is 4.84. The molecule has 5 nitrogen and oxygen atoms in total. The molecule has 0 aliphatic heterocycles. The van der Waals surface area contributed by atoms with Crippen molar-refractivity contribution < 1.29 is 25.2 Å². The van der Waals surface area contributed by atoms with Gasteiger partial charge in [-0.2, -0.15) is 11.2 Å². The quantitative estimate of drug-likeness (QED) is 0.120. The number of ether oxygens (including phenoxy) is 1. The van der Waals surface area contributed by atoms with Gasteiger partial charge in [0.2, 0.25) is 0 Å². The molecule has 7 rings (SSSR count). The average molecular weight is 765 g/mol. The first-order valence-corrected chi connectivity index (χ1v) is 17.7. The van der Waals surface area contributed by atoms with Crippen LogP contribution < -0.4 is 4.74 Å². The van der Waals surface area contributed by atoms with Gasteiger partial charge in [0, 0.05) is 28.8 Å². The Morgan fingerprint density at radius 3 is 2.14 bits per heavy atom. The maximum atomic E-state index is 6.68. The molecule has 6 heteroatoms. The molecule has 0 amide bonds. The fourth-order valence-electron chi connectivity index (χ4n) is 7.13. The standard InChI is InChI=1S/C45H46N4O.Pd/c1-27(2)32-22-34(49-44(28(3)4)43(31(7)47-49)42-29(5)14-13-15-30(42)6)25-36(23-32)50-35-18-19-38-37-16-11-12-17-39(37)48(40(38)26-35)41-24-33(20-21-46-41)45(8,9)10;/h11-24,27-28H,1-10H3;/q-2;+2. The summed E-state index contributed by atoms with van der Waals surface area (Å²) in [5.41, 5.74) is 12.4. The number of hydrogen-bond acceptors (Lipinski definition) is 3. The van der Waals surface area contributed by atoms with Crippen molar-refractivity contribution in [2.24, 2.45) is 0 Å². The van der Waals surface area contributed by atoms with Crippen molar-refractivity contribution in [3.05, 3.63) is 131 Å². The van der Waals surface area contributed by atoms with Crippen LogP contribution in [-0.2, 0) is 25.8 Å². The first-order chi connectivity index (χ1) is 23.8. The molecule has 0 N–H and O–H groups in total. The molecule has 0 saturated carbocycles. The predicted molar refractivity (Wildman–Crippen MR) is 206 cm³/mol. The van der Waals surface area contributed by atoms with Crippen molar-refractivity contribution in [3.63, 3.8) is 0 Å². The summed E-state index contributed by atoms with van der Waals surface area (Å²) in [5.74, 6) is 2.62. The Balaban J connectivity index is 0.00000448. The predicted octanol–water partition coefficient (Wildman–Crippen LogP) is 11.9. The number of aryl methyl sites for hydroxylation is 3. The Kier molecular flexibility index (Phi) is 9.90. The zero-order valence-corrected chi connectivity index (χ0v) is 32.8. The number of hydrogen-bond donors (Lipinski definition) is 0. The number of nitrogens with zero attached hydrogens (tertiary/aromatic N) is 4. The van der Waals surface area contributed by atoms with Crippen LogP contribution in [0, 0.1) is 32.9 Å². The molecule has 0 bridgehead atoms. The van der Waals surface area contributed by atoms with Crippen LogP contribution in [0.5, 0.6) is 11.5 Å². The minimum Gasteiger partial charge on any atom is -0.509 e. The van der Waals surface area contributed by atoms with Crippen LogP contribution in [0.2, 0.25) is 0 Å². The van der Waals surface area contributed by atoms with Crippen molar-refractivity contribution in [3.8, 4) is 34.1 Å². The van der Waals surface area contributed by atoms with Crippen LogP contribution in [0.25, 0.3) is 44.4 Å². The van der Waals surface area contributed by atoms with Crippen LogP contribution in [0.15, 0.2) is 85.1 Å². The van der Waals surface area contributed by atoms with Gasteiger partial charge in [0.15, 0.2) is 0 Å². The van der Waals surface area contributed by atoms with Gasteiger partial charge in [0.1, 0.15) is 5.82 Å². The topological polar surface area (TPSA) is 44.9 Å². The molecule has 0 atom stereocenters. The zero-order chi connectivity index (χ0) is 35.5. The minimum atomic E-state index is -0.00845.